The van der Waals surface area contributed by atoms with Crippen LogP contribution in [0.2, 0.25) is 0 Å². The smallest absolute Gasteiger partial charge is 0.341 e. The van der Waals surface area contributed by atoms with Crippen LogP contribution in [0, 0.1) is 0 Å². The Kier molecular flexibility index (Phi) is 6.72. The Bertz CT molecular complexity index is 623. The predicted molar refractivity (Wildman–Crippen MR) is 94.7 cm³/mol. The summed E-state index contributed by atoms with van der Waals surface area (Å²) in [4.78, 5) is 25.4. The fourth-order valence-electron chi connectivity index (χ4n) is 4.33. The molecule has 3 aliphatic heterocycles. The molecule has 0 aliphatic carbocycles. The number of likely N-dealkylation sites (tertiary alicyclic amines) is 2. The van der Waals surface area contributed by atoms with E-state index in [9.17, 15) is 35.9 Å². The minimum atomic E-state index is -4.79. The Morgan fingerprint density at radius 3 is 1.33 bits per heavy atom. The minimum Gasteiger partial charge on any atom is -0.341 e. The summed E-state index contributed by atoms with van der Waals surface area (Å²) in [7, 11) is 0. The highest BCUT2D eigenvalue weighted by atomic mass is 35.5. The summed E-state index contributed by atoms with van der Waals surface area (Å²) in [6, 6.07) is -5.91. The number of hydrogen-bond acceptors (Lipinski definition) is 4. The lowest BCUT2D eigenvalue weighted by molar-refractivity contribution is -0.268. The fraction of sp³-hybridized carbons (Fsp3) is 0.875. The van der Waals surface area contributed by atoms with Crippen LogP contribution in [0.4, 0.5) is 26.3 Å². The van der Waals surface area contributed by atoms with Crippen molar-refractivity contribution in [3.63, 3.8) is 0 Å². The monoisotopic (exact) mass is 484 g/mol. The van der Waals surface area contributed by atoms with Gasteiger partial charge < -0.3 is 10.6 Å². The maximum absolute atomic E-state index is 13.4. The Morgan fingerprint density at radius 2 is 1.03 bits per heavy atom. The highest BCUT2D eigenvalue weighted by Gasteiger charge is 2.54. The summed E-state index contributed by atoms with van der Waals surface area (Å²) in [5.74, 6) is -1.91. The molecule has 3 saturated heterocycles. The average molecular weight is 485 g/mol. The molecule has 0 aromatic carbocycles. The zero-order valence-corrected chi connectivity index (χ0v) is 17.0. The highest BCUT2D eigenvalue weighted by Crippen LogP contribution is 2.36. The number of alkyl halides is 8. The Hall–Kier alpha value is -0.980. The van der Waals surface area contributed by atoms with Gasteiger partial charge in [-0.05, 0) is 25.7 Å². The molecule has 3 rings (SSSR count). The predicted octanol–water partition coefficient (Wildman–Crippen LogP) is 2.15. The number of hydrogen-bond donors (Lipinski definition) is 2. The number of halogens is 8. The first-order valence-electron chi connectivity index (χ1n) is 9.35. The maximum Gasteiger partial charge on any atom is 0.460 e. The molecule has 30 heavy (non-hydrogen) atoms. The Morgan fingerprint density at radius 1 is 0.700 bits per heavy atom. The second-order valence-corrected chi connectivity index (χ2v) is 8.93. The zero-order valence-electron chi connectivity index (χ0n) is 15.4. The van der Waals surface area contributed by atoms with E-state index in [0.717, 1.165) is 0 Å². The molecule has 0 bridgehead atoms. The highest BCUT2D eigenvalue weighted by molar-refractivity contribution is 6.21. The van der Waals surface area contributed by atoms with E-state index in [1.807, 2.05) is 0 Å². The molecule has 3 heterocycles. The molecule has 14 heteroatoms. The van der Waals surface area contributed by atoms with Crippen molar-refractivity contribution in [3.8, 4) is 0 Å². The number of carbonyl (C=O) groups excluding carboxylic acids is 2. The summed E-state index contributed by atoms with van der Waals surface area (Å²) in [6.07, 6.45) is -9.39. The molecule has 2 N–H and O–H groups in total. The van der Waals surface area contributed by atoms with Crippen molar-refractivity contribution in [2.24, 2.45) is 0 Å². The van der Waals surface area contributed by atoms with Crippen LogP contribution in [0.25, 0.3) is 0 Å². The lowest BCUT2D eigenvalue weighted by Crippen LogP contribution is -2.73. The summed E-state index contributed by atoms with van der Waals surface area (Å²) in [6.45, 7) is -1.11. The first-order chi connectivity index (χ1) is 13.8. The Balaban J connectivity index is 1.78. The molecule has 0 spiro atoms. The second kappa shape index (κ2) is 8.51. The van der Waals surface area contributed by atoms with Crippen molar-refractivity contribution < 1.29 is 35.9 Å². The van der Waals surface area contributed by atoms with Gasteiger partial charge in [-0.3, -0.25) is 9.59 Å². The summed E-state index contributed by atoms with van der Waals surface area (Å²) in [5.41, 5.74) is 0. The molecule has 3 fully saturated rings. The second-order valence-electron chi connectivity index (χ2n) is 7.70. The van der Waals surface area contributed by atoms with Gasteiger partial charge in [0.2, 0.25) is 11.8 Å². The van der Waals surface area contributed by atoms with E-state index < -0.39 is 72.4 Å². The lowest BCUT2D eigenvalue weighted by Gasteiger charge is -2.47. The molecule has 0 radical (unpaired) electrons. The van der Waals surface area contributed by atoms with Crippen LogP contribution in [0.15, 0.2) is 0 Å². The van der Waals surface area contributed by atoms with Gasteiger partial charge >= 0.3 is 12.6 Å². The van der Waals surface area contributed by atoms with Gasteiger partial charge in [0.1, 0.15) is 12.1 Å². The number of carbonyl (C=O) groups is 2. The summed E-state index contributed by atoms with van der Waals surface area (Å²) >= 11 is 11.7. The van der Waals surface area contributed by atoms with Crippen LogP contribution in [0.1, 0.15) is 25.7 Å². The molecule has 0 aromatic rings. The third kappa shape index (κ3) is 4.91. The number of nitrogens with one attached hydrogen (secondary N) is 2. The van der Waals surface area contributed by atoms with Gasteiger partial charge in [0.25, 0.3) is 0 Å². The average Bonchev–Trinajstić information content (AvgIpc) is 2.62. The van der Waals surface area contributed by atoms with Gasteiger partial charge in [-0.2, -0.15) is 26.3 Å². The van der Waals surface area contributed by atoms with Crippen molar-refractivity contribution in [1.29, 1.82) is 0 Å². The molecule has 172 valence electrons. The number of amides is 2. The van der Waals surface area contributed by atoms with Crippen LogP contribution < -0.4 is 10.6 Å². The first kappa shape index (κ1) is 23.7. The molecule has 6 atom stereocenters. The van der Waals surface area contributed by atoms with E-state index in [2.05, 4.69) is 10.6 Å². The van der Waals surface area contributed by atoms with Gasteiger partial charge in [0.15, 0.2) is 0 Å². The number of piperidine rings is 2. The molecular formula is C16H20Cl2F6N4O2. The van der Waals surface area contributed by atoms with Crippen LogP contribution in [-0.4, -0.2) is 82.2 Å². The van der Waals surface area contributed by atoms with Gasteiger partial charge in [0, 0.05) is 35.9 Å². The van der Waals surface area contributed by atoms with Gasteiger partial charge in [-0.1, -0.05) is 0 Å². The van der Waals surface area contributed by atoms with Crippen molar-refractivity contribution in [3.05, 3.63) is 0 Å². The fourth-order valence-corrected chi connectivity index (χ4v) is 4.88. The van der Waals surface area contributed by atoms with E-state index in [1.165, 1.54) is 0 Å². The molecule has 3 aliphatic rings. The molecule has 0 saturated carbocycles. The van der Waals surface area contributed by atoms with Crippen molar-refractivity contribution >= 4 is 35.0 Å². The van der Waals surface area contributed by atoms with Gasteiger partial charge in [-0.25, -0.2) is 9.80 Å². The summed E-state index contributed by atoms with van der Waals surface area (Å²) < 4.78 is 80.5. The topological polar surface area (TPSA) is 64.7 Å². The number of rotatable bonds is 2. The molecule has 0 aromatic heterocycles. The van der Waals surface area contributed by atoms with E-state index in [0.29, 0.717) is 0 Å². The van der Waals surface area contributed by atoms with E-state index in [4.69, 9.17) is 23.2 Å². The Labute approximate surface area is 178 Å². The third-order valence-corrected chi connectivity index (χ3v) is 6.44. The number of nitrogens with zero attached hydrogens (tertiary/aromatic N) is 2. The van der Waals surface area contributed by atoms with Crippen molar-refractivity contribution in [1.82, 2.24) is 20.4 Å². The van der Waals surface area contributed by atoms with Gasteiger partial charge in [-0.15, -0.1) is 23.2 Å². The molecular weight excluding hydrogens is 465 g/mol. The van der Waals surface area contributed by atoms with E-state index >= 15 is 0 Å². The normalized spacial score (nSPS) is 37.6. The van der Waals surface area contributed by atoms with Crippen LogP contribution in [0.3, 0.4) is 0 Å². The molecule has 2 amide bonds. The van der Waals surface area contributed by atoms with Crippen LogP contribution >= 0.6 is 23.2 Å². The lowest BCUT2D eigenvalue weighted by atomic mass is 9.89. The molecule has 6 unspecified atom stereocenters. The van der Waals surface area contributed by atoms with Gasteiger partial charge in [0.05, 0.1) is 0 Å². The maximum atomic E-state index is 13.4. The minimum absolute atomic E-state index is 0.0970. The summed E-state index contributed by atoms with van der Waals surface area (Å²) in [5, 5.41) is 2.89. The quantitative estimate of drug-likeness (QED) is 0.358. The van der Waals surface area contributed by atoms with Crippen molar-refractivity contribution in [2.45, 2.75) is 73.2 Å². The SMILES string of the molecule is O=C1NC(C2CCC(Cl)CN2C(F)(F)F)C(=O)NC1C1CCC(Cl)CN1C(F)(F)F. The third-order valence-electron chi connectivity index (χ3n) is 5.72. The van der Waals surface area contributed by atoms with E-state index in [-0.39, 0.29) is 35.5 Å². The molecule has 6 nitrogen and oxygen atoms in total. The zero-order chi connectivity index (χ0) is 22.4. The largest absolute Gasteiger partial charge is 0.460 e. The van der Waals surface area contributed by atoms with Crippen LogP contribution in [-0.2, 0) is 9.59 Å². The van der Waals surface area contributed by atoms with Crippen molar-refractivity contribution in [2.75, 3.05) is 13.1 Å². The van der Waals surface area contributed by atoms with Crippen LogP contribution in [0.5, 0.6) is 0 Å². The van der Waals surface area contributed by atoms with E-state index in [1.54, 1.807) is 0 Å². The standard InChI is InChI=1S/C16H20Cl2F6N4O2/c17-7-1-3-9(27(5-7)15(19,20)21)11-13(29)26-12(14(30)25-11)10-4-2-8(18)6-28(10)16(22,23)24/h7-12H,1-6H2,(H,25,30)(H,26,29). The first-order valence-corrected chi connectivity index (χ1v) is 10.2. The number of piperazine rings is 1.